The first-order valence-corrected chi connectivity index (χ1v) is 19.9. The van der Waals surface area contributed by atoms with Crippen LogP contribution in [0.3, 0.4) is 0 Å². The molecule has 6 atom stereocenters. The van der Waals surface area contributed by atoms with Crippen LogP contribution in [-0.4, -0.2) is 119 Å². The molecule has 0 bridgehead atoms. The molecule has 0 spiro atoms. The molecular formula is C32H52B3Br3N2O12. The Bertz CT molecular complexity index is 1300. The third kappa shape index (κ3) is 12.7. The lowest BCUT2D eigenvalue weighted by molar-refractivity contribution is -0.146. The predicted molar refractivity (Wildman–Crippen MR) is 209 cm³/mol. The smallest absolute Gasteiger partial charge is 0.457 e. The summed E-state index contributed by atoms with van der Waals surface area (Å²) in [6.07, 6.45) is 0.213. The van der Waals surface area contributed by atoms with Gasteiger partial charge in [-0.3, -0.25) is 9.69 Å². The number of hydrogen-bond acceptors (Lipinski definition) is 11. The lowest BCUT2D eigenvalue weighted by atomic mass is 9.72. The fourth-order valence-corrected chi connectivity index (χ4v) is 6.71. The Hall–Kier alpha value is -1.22. The van der Waals surface area contributed by atoms with E-state index < -0.39 is 78.6 Å². The van der Waals surface area contributed by atoms with Crippen molar-refractivity contribution in [3.05, 3.63) is 35.9 Å². The lowest BCUT2D eigenvalue weighted by Gasteiger charge is -2.33. The number of aliphatic hydroxyl groups excluding tert-OH is 2. The molecule has 0 aromatic heterocycles. The van der Waals surface area contributed by atoms with Crippen LogP contribution >= 0.6 is 47.3 Å². The van der Waals surface area contributed by atoms with Gasteiger partial charge in [-0.1, -0.05) is 57.0 Å². The first kappa shape index (κ1) is 46.9. The van der Waals surface area contributed by atoms with Gasteiger partial charge in [0.1, 0.15) is 18.7 Å². The normalized spacial score (nSPS) is 28.6. The Morgan fingerprint density at radius 1 is 0.904 bits per heavy atom. The largest absolute Gasteiger partial charge is 0.480 e. The van der Waals surface area contributed by atoms with E-state index in [1.165, 1.54) is 0 Å². The molecular weight excluding hydrogens is 877 g/mol. The Morgan fingerprint density at radius 3 is 1.94 bits per heavy atom. The molecule has 3 saturated heterocycles. The maximum absolute atomic E-state index is 12.7. The molecule has 1 aromatic rings. The number of halogens is 3. The zero-order chi connectivity index (χ0) is 39.7. The minimum atomic E-state index is -1.38. The average molecular weight is 929 g/mol. The molecule has 52 heavy (non-hydrogen) atoms. The molecule has 0 unspecified atom stereocenters. The van der Waals surface area contributed by atoms with Crippen molar-refractivity contribution in [1.82, 2.24) is 10.2 Å². The number of aliphatic carboxylic acids is 2. The highest BCUT2D eigenvalue weighted by atomic mass is 79.9. The summed E-state index contributed by atoms with van der Waals surface area (Å²) in [6, 6.07) is 7.20. The molecule has 14 nitrogen and oxygen atoms in total. The van der Waals surface area contributed by atoms with Crippen molar-refractivity contribution < 1.29 is 58.9 Å². The molecule has 3 heterocycles. The van der Waals surface area contributed by atoms with E-state index in [2.05, 4.69) is 52.6 Å². The van der Waals surface area contributed by atoms with Gasteiger partial charge in [-0.2, -0.15) is 0 Å². The number of carboxylic acid groups (broad SMARTS) is 2. The number of amides is 1. The van der Waals surface area contributed by atoms with Crippen LogP contribution in [0.25, 0.3) is 0 Å². The second-order valence-corrected chi connectivity index (χ2v) is 21.3. The highest BCUT2D eigenvalue weighted by molar-refractivity contribution is 9.69. The van der Waals surface area contributed by atoms with Crippen molar-refractivity contribution >= 4 is 82.7 Å². The van der Waals surface area contributed by atoms with Crippen LogP contribution in [0.15, 0.2) is 30.3 Å². The molecule has 3 aliphatic heterocycles. The molecule has 3 aliphatic rings. The predicted octanol–water partition coefficient (Wildman–Crippen LogP) is 4.15. The monoisotopic (exact) mass is 926 g/mol. The molecule has 0 aliphatic carbocycles. The molecule has 292 valence electrons. The number of ether oxygens (including phenoxy) is 1. The highest BCUT2D eigenvalue weighted by Crippen LogP contribution is 2.44. The molecule has 0 saturated carbocycles. The highest BCUT2D eigenvalue weighted by Gasteiger charge is 2.57. The number of likely N-dealkylation sites (tertiary alicyclic amines) is 1. The van der Waals surface area contributed by atoms with Crippen LogP contribution in [-0.2, 0) is 30.2 Å². The summed E-state index contributed by atoms with van der Waals surface area (Å²) in [5.74, 6) is -2.14. The van der Waals surface area contributed by atoms with Gasteiger partial charge in [0.15, 0.2) is 0 Å². The molecule has 4 rings (SSSR count). The summed E-state index contributed by atoms with van der Waals surface area (Å²) in [4.78, 5) is 36.9. The topological polar surface area (TPSA) is 216 Å². The van der Waals surface area contributed by atoms with E-state index in [1.807, 2.05) is 58.0 Å². The van der Waals surface area contributed by atoms with Gasteiger partial charge in [0.05, 0.1) is 30.0 Å². The molecule has 3 fully saturated rings. The first-order valence-electron chi connectivity index (χ1n) is 17.1. The first-order chi connectivity index (χ1) is 24.0. The van der Waals surface area contributed by atoms with Crippen LogP contribution < -0.4 is 5.32 Å². The maximum atomic E-state index is 12.7. The number of aliphatic hydroxyl groups is 2. The number of benzene rings is 1. The van der Waals surface area contributed by atoms with E-state index in [0.29, 0.717) is 32.0 Å². The van der Waals surface area contributed by atoms with Gasteiger partial charge in [-0.25, -0.2) is 9.59 Å². The quantitative estimate of drug-likeness (QED) is 0.147. The van der Waals surface area contributed by atoms with Crippen LogP contribution in [0.5, 0.6) is 0 Å². The fraction of sp³-hybridized carbons (Fsp3) is 0.719. The van der Waals surface area contributed by atoms with Crippen molar-refractivity contribution in [2.45, 2.75) is 122 Å². The fourth-order valence-electron chi connectivity index (χ4n) is 6.71. The van der Waals surface area contributed by atoms with E-state index in [9.17, 15) is 29.7 Å². The van der Waals surface area contributed by atoms with E-state index in [0.717, 1.165) is 10.5 Å². The zero-order valence-electron chi connectivity index (χ0n) is 30.5. The number of nitrogens with one attached hydrogen (secondary N) is 1. The Balaban J connectivity index is 0.000000390. The van der Waals surface area contributed by atoms with Crippen LogP contribution in [0.1, 0.15) is 72.8 Å². The van der Waals surface area contributed by atoms with Crippen LogP contribution in [0, 0.1) is 10.8 Å². The molecule has 1 aromatic carbocycles. The molecule has 7 N–H and O–H groups in total. The Labute approximate surface area is 332 Å². The summed E-state index contributed by atoms with van der Waals surface area (Å²) in [6.45, 7) is 11.6. The van der Waals surface area contributed by atoms with E-state index in [4.69, 9.17) is 29.2 Å². The number of hydrogen-bond donors (Lipinski definition) is 7. The van der Waals surface area contributed by atoms with E-state index in [1.54, 1.807) is 13.8 Å². The zero-order valence-corrected chi connectivity index (χ0v) is 35.3. The standard InChI is InChI=1S/C23H34BNO7.C9H18BNO5.BBr3/c1-21(2)22(3,4)32-24(31-21)13-9-12-23(5)17(26)14-25(18(23)19(27)28)20(29)30-15-16-10-7-6-8-11-16;1-9(3-2-4-10(15)16)6(12)5-11-7(9)8(13)14;2-1(3)4/h6-8,10-11,17-18,26H,9,12-15H2,1-5H3,(H,27,28);6-7,11-12,15-16H,2-5H2,1H3,(H,13,14);/t17-,18+,23+;6-,7+,9+;/m00./s1. The number of nitrogens with zero attached hydrogens (tertiary/aromatic N) is 1. The van der Waals surface area contributed by atoms with Crippen molar-refractivity contribution in [3.63, 3.8) is 0 Å². The van der Waals surface area contributed by atoms with Gasteiger partial charge < -0.3 is 49.8 Å². The Morgan fingerprint density at radius 2 is 1.44 bits per heavy atom. The molecule has 1 amide bonds. The van der Waals surface area contributed by atoms with Crippen LogP contribution in [0.2, 0.25) is 12.6 Å². The van der Waals surface area contributed by atoms with Crippen LogP contribution in [0.4, 0.5) is 4.79 Å². The Kier molecular flexibility index (Phi) is 18.1. The van der Waals surface area contributed by atoms with Crippen molar-refractivity contribution in [1.29, 1.82) is 0 Å². The van der Waals surface area contributed by atoms with Gasteiger partial charge in [0, 0.05) is 17.4 Å². The summed E-state index contributed by atoms with van der Waals surface area (Å²) in [5, 5.41) is 59.6. The summed E-state index contributed by atoms with van der Waals surface area (Å²) in [5.41, 5.74) is -1.82. The SMILES string of the molecule is BrB(Br)Br.CC1(C)OB(CCC[C@]2(C)[C@@H](O)CN(C(=O)OCc3ccccc3)[C@@H]2C(=O)O)OC1(C)C.C[C@]1(CCCB(O)O)[C@@H](C(=O)O)NC[C@@H]1O. The van der Waals surface area contributed by atoms with Crippen molar-refractivity contribution in [2.24, 2.45) is 10.8 Å². The second kappa shape index (κ2) is 20.1. The lowest BCUT2D eigenvalue weighted by Crippen LogP contribution is -2.48. The van der Waals surface area contributed by atoms with E-state index >= 15 is 0 Å². The minimum absolute atomic E-state index is 0.0389. The maximum Gasteiger partial charge on any atom is 0.457 e. The number of carboxylic acids is 2. The summed E-state index contributed by atoms with van der Waals surface area (Å²) in [7, 11) is -1.77. The van der Waals surface area contributed by atoms with Gasteiger partial charge >= 0.3 is 35.5 Å². The average Bonchev–Trinajstić information content (AvgIpc) is 3.55. The number of carbonyl (C=O) groups excluding carboxylic acids is 1. The number of β-amino-alcohol motifs (C(OH)–C–C–N with tert-alkyl or cyclic N) is 2. The summed E-state index contributed by atoms with van der Waals surface area (Å²) >= 11 is 9.31. The molecule has 20 heteroatoms. The third-order valence-corrected chi connectivity index (χ3v) is 10.6. The number of rotatable bonds is 12. The van der Waals surface area contributed by atoms with Gasteiger partial charge in [-0.15, -0.1) is 47.3 Å². The number of carbonyl (C=O) groups is 3. The van der Waals surface area contributed by atoms with Gasteiger partial charge in [0.2, 0.25) is 0 Å². The van der Waals surface area contributed by atoms with Crippen molar-refractivity contribution in [2.75, 3.05) is 13.1 Å². The third-order valence-electron chi connectivity index (χ3n) is 10.6. The van der Waals surface area contributed by atoms with E-state index in [-0.39, 0.29) is 29.2 Å². The van der Waals surface area contributed by atoms with Gasteiger partial charge in [0.25, 0.3) is 0 Å². The van der Waals surface area contributed by atoms with Crippen molar-refractivity contribution in [3.8, 4) is 0 Å². The summed E-state index contributed by atoms with van der Waals surface area (Å²) < 4.78 is 17.6. The minimum Gasteiger partial charge on any atom is -0.480 e. The second-order valence-electron chi connectivity index (χ2n) is 14.9. The van der Waals surface area contributed by atoms with Gasteiger partial charge in [-0.05, 0) is 58.7 Å². The molecule has 0 radical (unpaired) electrons.